The molecule has 4 rings (SSSR count). The lowest BCUT2D eigenvalue weighted by Gasteiger charge is -2.22. The first-order chi connectivity index (χ1) is 13.8. The Balaban J connectivity index is 1.38. The molecule has 0 aliphatic carbocycles. The molecule has 1 atom stereocenters. The van der Waals surface area contributed by atoms with Crippen molar-refractivity contribution in [1.29, 1.82) is 0 Å². The van der Waals surface area contributed by atoms with Gasteiger partial charge in [-0.05, 0) is 43.9 Å². The van der Waals surface area contributed by atoms with Gasteiger partial charge in [-0.2, -0.15) is 0 Å². The molecule has 1 saturated heterocycles. The Morgan fingerprint density at radius 2 is 1.79 bits per heavy atom. The molecular weight excluding hydrogens is 354 g/mol. The maximum absolute atomic E-state index is 5.79. The zero-order valence-corrected chi connectivity index (χ0v) is 16.1. The molecule has 1 aliphatic rings. The number of ether oxygens (including phenoxy) is 3. The Labute approximate surface area is 165 Å². The number of hydrogen-bond acceptors (Lipinski definition) is 5. The van der Waals surface area contributed by atoms with Crippen LogP contribution in [0.5, 0.6) is 5.75 Å². The number of benzene rings is 2. The quantitative estimate of drug-likeness (QED) is 0.526. The van der Waals surface area contributed by atoms with Crippen LogP contribution in [-0.4, -0.2) is 31.3 Å². The molecule has 2 heterocycles. The highest BCUT2D eigenvalue weighted by molar-refractivity contribution is 5.82. The predicted molar refractivity (Wildman–Crippen MR) is 107 cm³/mol. The van der Waals surface area contributed by atoms with E-state index < -0.39 is 0 Å². The van der Waals surface area contributed by atoms with E-state index in [-0.39, 0.29) is 6.29 Å². The highest BCUT2D eigenvalue weighted by atomic mass is 16.7. The Kier molecular flexibility index (Phi) is 6.04. The van der Waals surface area contributed by atoms with Crippen molar-refractivity contribution in [3.8, 4) is 28.1 Å². The van der Waals surface area contributed by atoms with Crippen molar-refractivity contribution < 1.29 is 18.7 Å². The monoisotopic (exact) mass is 379 g/mol. The molecule has 5 heteroatoms. The SMILES string of the molecule is Cc1onc(-c2ccccc2)c1-c1ccc(OCCOC2CCCCO2)cc1. The minimum Gasteiger partial charge on any atom is -0.491 e. The normalized spacial score (nSPS) is 16.8. The fourth-order valence-electron chi connectivity index (χ4n) is 3.40. The molecule has 0 amide bonds. The smallest absolute Gasteiger partial charge is 0.157 e. The van der Waals surface area contributed by atoms with Crippen molar-refractivity contribution in [2.45, 2.75) is 32.5 Å². The molecule has 1 aliphatic heterocycles. The van der Waals surface area contributed by atoms with Gasteiger partial charge in [0.05, 0.1) is 12.2 Å². The summed E-state index contributed by atoms with van der Waals surface area (Å²) < 4.78 is 22.5. The molecule has 28 heavy (non-hydrogen) atoms. The summed E-state index contributed by atoms with van der Waals surface area (Å²) in [6.07, 6.45) is 3.18. The van der Waals surface area contributed by atoms with Crippen molar-refractivity contribution in [2.75, 3.05) is 19.8 Å². The summed E-state index contributed by atoms with van der Waals surface area (Å²) in [5.41, 5.74) is 3.96. The van der Waals surface area contributed by atoms with E-state index in [2.05, 4.69) is 5.16 Å². The molecule has 0 saturated carbocycles. The van der Waals surface area contributed by atoms with Crippen LogP contribution in [0.1, 0.15) is 25.0 Å². The van der Waals surface area contributed by atoms with E-state index in [0.717, 1.165) is 53.3 Å². The zero-order valence-electron chi connectivity index (χ0n) is 16.1. The molecule has 0 spiro atoms. The van der Waals surface area contributed by atoms with Crippen molar-refractivity contribution >= 4 is 0 Å². The van der Waals surface area contributed by atoms with Gasteiger partial charge < -0.3 is 18.7 Å². The third-order valence-corrected chi connectivity index (χ3v) is 4.85. The van der Waals surface area contributed by atoms with Gasteiger partial charge >= 0.3 is 0 Å². The second kappa shape index (κ2) is 9.04. The Hall–Kier alpha value is -2.63. The van der Waals surface area contributed by atoms with E-state index in [4.69, 9.17) is 18.7 Å². The minimum atomic E-state index is -0.0762. The van der Waals surface area contributed by atoms with E-state index >= 15 is 0 Å². The average Bonchev–Trinajstić information content (AvgIpc) is 3.14. The van der Waals surface area contributed by atoms with Crippen LogP contribution in [0.3, 0.4) is 0 Å². The van der Waals surface area contributed by atoms with E-state index in [1.165, 1.54) is 6.42 Å². The van der Waals surface area contributed by atoms with Crippen LogP contribution in [0.2, 0.25) is 0 Å². The first-order valence-electron chi connectivity index (χ1n) is 9.79. The standard InChI is InChI=1S/C23H25NO4/c1-17-22(23(24-28-17)19-7-3-2-4-8-19)18-10-12-20(13-11-18)25-15-16-27-21-9-5-6-14-26-21/h2-4,7-8,10-13,21H,5-6,9,14-16H2,1H3. The number of nitrogens with zero attached hydrogens (tertiary/aromatic N) is 1. The lowest BCUT2D eigenvalue weighted by Crippen LogP contribution is -2.24. The molecule has 3 aromatic rings. The molecule has 146 valence electrons. The first-order valence-corrected chi connectivity index (χ1v) is 9.79. The van der Waals surface area contributed by atoms with Gasteiger partial charge in [-0.1, -0.05) is 47.6 Å². The van der Waals surface area contributed by atoms with Gasteiger partial charge in [-0.15, -0.1) is 0 Å². The van der Waals surface area contributed by atoms with Crippen LogP contribution in [-0.2, 0) is 9.47 Å². The topological polar surface area (TPSA) is 53.7 Å². The third kappa shape index (κ3) is 4.43. The molecule has 1 aromatic heterocycles. The fraction of sp³-hybridized carbons (Fsp3) is 0.348. The van der Waals surface area contributed by atoms with E-state index in [1.807, 2.05) is 61.5 Å². The van der Waals surface area contributed by atoms with Gasteiger partial charge in [-0.25, -0.2) is 0 Å². The van der Waals surface area contributed by atoms with Gasteiger partial charge in [0.2, 0.25) is 0 Å². The van der Waals surface area contributed by atoms with Gasteiger partial charge in [0, 0.05) is 12.2 Å². The van der Waals surface area contributed by atoms with E-state index in [1.54, 1.807) is 0 Å². The molecule has 0 radical (unpaired) electrons. The maximum atomic E-state index is 5.79. The van der Waals surface area contributed by atoms with Gasteiger partial charge in [0.1, 0.15) is 23.8 Å². The van der Waals surface area contributed by atoms with Crippen molar-refractivity contribution in [1.82, 2.24) is 5.16 Å². The Morgan fingerprint density at radius 3 is 2.54 bits per heavy atom. The molecule has 0 bridgehead atoms. The number of rotatable bonds is 7. The van der Waals surface area contributed by atoms with Gasteiger partial charge in [0.15, 0.2) is 6.29 Å². The Morgan fingerprint density at radius 1 is 0.964 bits per heavy atom. The van der Waals surface area contributed by atoms with Crippen LogP contribution in [0, 0.1) is 6.92 Å². The summed E-state index contributed by atoms with van der Waals surface area (Å²) >= 11 is 0. The summed E-state index contributed by atoms with van der Waals surface area (Å²) in [4.78, 5) is 0. The maximum Gasteiger partial charge on any atom is 0.157 e. The first kappa shape index (κ1) is 18.7. The zero-order chi connectivity index (χ0) is 19.2. The molecule has 1 unspecified atom stereocenters. The summed E-state index contributed by atoms with van der Waals surface area (Å²) in [7, 11) is 0. The molecule has 5 nitrogen and oxygen atoms in total. The number of aryl methyl sites for hydroxylation is 1. The average molecular weight is 379 g/mol. The molecule has 2 aromatic carbocycles. The minimum absolute atomic E-state index is 0.0762. The summed E-state index contributed by atoms with van der Waals surface area (Å²) in [5.74, 6) is 1.61. The van der Waals surface area contributed by atoms with Crippen LogP contribution in [0.15, 0.2) is 59.1 Å². The van der Waals surface area contributed by atoms with Crippen molar-refractivity contribution in [3.05, 3.63) is 60.4 Å². The second-order valence-electron chi connectivity index (χ2n) is 6.87. The molecule has 1 fully saturated rings. The summed E-state index contributed by atoms with van der Waals surface area (Å²) in [6, 6.07) is 18.1. The van der Waals surface area contributed by atoms with Crippen molar-refractivity contribution in [2.24, 2.45) is 0 Å². The number of aromatic nitrogens is 1. The lowest BCUT2D eigenvalue weighted by atomic mass is 9.99. The predicted octanol–water partition coefficient (Wildman–Crippen LogP) is 5.24. The van der Waals surface area contributed by atoms with Gasteiger partial charge in [0.25, 0.3) is 0 Å². The second-order valence-corrected chi connectivity index (χ2v) is 6.87. The third-order valence-electron chi connectivity index (χ3n) is 4.85. The largest absolute Gasteiger partial charge is 0.491 e. The molecular formula is C23H25NO4. The van der Waals surface area contributed by atoms with E-state index in [0.29, 0.717) is 13.2 Å². The Bertz CT molecular complexity index is 867. The van der Waals surface area contributed by atoms with Crippen LogP contribution in [0.4, 0.5) is 0 Å². The molecule has 0 N–H and O–H groups in total. The van der Waals surface area contributed by atoms with Crippen LogP contribution >= 0.6 is 0 Å². The van der Waals surface area contributed by atoms with Gasteiger partial charge in [-0.3, -0.25) is 0 Å². The lowest BCUT2D eigenvalue weighted by molar-refractivity contribution is -0.165. The number of hydrogen-bond donors (Lipinski definition) is 0. The summed E-state index contributed by atoms with van der Waals surface area (Å²) in [6.45, 7) is 3.75. The fourth-order valence-corrected chi connectivity index (χ4v) is 3.40. The van der Waals surface area contributed by atoms with Crippen LogP contribution in [0.25, 0.3) is 22.4 Å². The van der Waals surface area contributed by atoms with Crippen LogP contribution < -0.4 is 4.74 Å². The van der Waals surface area contributed by atoms with Crippen molar-refractivity contribution in [3.63, 3.8) is 0 Å². The van der Waals surface area contributed by atoms with E-state index in [9.17, 15) is 0 Å². The highest BCUT2D eigenvalue weighted by Gasteiger charge is 2.16. The summed E-state index contributed by atoms with van der Waals surface area (Å²) in [5, 5.41) is 4.26. The highest BCUT2D eigenvalue weighted by Crippen LogP contribution is 2.34.